The summed E-state index contributed by atoms with van der Waals surface area (Å²) in [6.45, 7) is 1.96. The highest BCUT2D eigenvalue weighted by Crippen LogP contribution is 2.26. The van der Waals surface area contributed by atoms with E-state index in [9.17, 15) is 0 Å². The number of benzene rings is 1. The molecule has 6 nitrogen and oxygen atoms in total. The fourth-order valence-electron chi connectivity index (χ4n) is 1.80. The maximum absolute atomic E-state index is 6.09. The highest BCUT2D eigenvalue weighted by atomic mass is 16.5. The van der Waals surface area contributed by atoms with Gasteiger partial charge in [-0.3, -0.25) is 0 Å². The van der Waals surface area contributed by atoms with E-state index in [2.05, 4.69) is 15.2 Å². The third-order valence-electron chi connectivity index (χ3n) is 2.82. The van der Waals surface area contributed by atoms with Gasteiger partial charge in [0.15, 0.2) is 5.82 Å². The highest BCUT2D eigenvalue weighted by Gasteiger charge is 2.16. The van der Waals surface area contributed by atoms with E-state index in [0.717, 1.165) is 12.1 Å². The van der Waals surface area contributed by atoms with Crippen molar-refractivity contribution in [2.45, 2.75) is 13.3 Å². The van der Waals surface area contributed by atoms with Crippen LogP contribution in [-0.4, -0.2) is 19.9 Å². The van der Waals surface area contributed by atoms with Crippen LogP contribution in [0.4, 0.5) is 5.82 Å². The molecule has 3 rings (SSSR count). The molecular weight excluding hydrogens is 242 g/mol. The smallest absolute Gasteiger partial charge is 0.263 e. The molecule has 0 fully saturated rings. The summed E-state index contributed by atoms with van der Waals surface area (Å²) in [5.41, 5.74) is 7.63. The van der Waals surface area contributed by atoms with Crippen molar-refractivity contribution in [3.8, 4) is 17.1 Å². The molecule has 0 unspecified atom stereocenters. The van der Waals surface area contributed by atoms with Crippen LogP contribution in [0.15, 0.2) is 41.1 Å². The Morgan fingerprint density at radius 2 is 2.05 bits per heavy atom. The van der Waals surface area contributed by atoms with Crippen LogP contribution in [0.5, 0.6) is 0 Å². The molecule has 2 heterocycles. The van der Waals surface area contributed by atoms with Crippen LogP contribution in [-0.2, 0) is 6.42 Å². The quantitative estimate of drug-likeness (QED) is 0.774. The van der Waals surface area contributed by atoms with Gasteiger partial charge < -0.3 is 10.3 Å². The molecule has 2 N–H and O–H groups in total. The Hall–Kier alpha value is -2.63. The summed E-state index contributed by atoms with van der Waals surface area (Å²) in [5, 5.41) is 8.12. The number of hydrogen-bond acceptors (Lipinski definition) is 5. The van der Waals surface area contributed by atoms with E-state index in [4.69, 9.17) is 10.3 Å². The van der Waals surface area contributed by atoms with Gasteiger partial charge in [0, 0.05) is 6.42 Å². The first kappa shape index (κ1) is 11.5. The lowest BCUT2D eigenvalue weighted by Crippen LogP contribution is -2.01. The Balaban J connectivity index is 2.04. The summed E-state index contributed by atoms with van der Waals surface area (Å²) in [6, 6.07) is 9.66. The average Bonchev–Trinajstić information content (AvgIpc) is 3.06. The second-order valence-electron chi connectivity index (χ2n) is 4.06. The van der Waals surface area contributed by atoms with E-state index in [1.165, 1.54) is 0 Å². The molecule has 0 aliphatic rings. The van der Waals surface area contributed by atoms with Crippen molar-refractivity contribution in [2.24, 2.45) is 0 Å². The zero-order chi connectivity index (χ0) is 13.2. The predicted octanol–water partition coefficient (Wildman–Crippen LogP) is 2.07. The normalized spacial score (nSPS) is 10.8. The minimum Gasteiger partial charge on any atom is -0.383 e. The lowest BCUT2D eigenvalue weighted by Gasteiger charge is -2.03. The number of anilines is 1. The molecule has 0 saturated heterocycles. The molecule has 3 aromatic rings. The Morgan fingerprint density at radius 1 is 1.26 bits per heavy atom. The molecular formula is C13H13N5O. The minimum absolute atomic E-state index is 0.400. The molecule has 0 spiro atoms. The average molecular weight is 255 g/mol. The van der Waals surface area contributed by atoms with Crippen molar-refractivity contribution >= 4 is 5.82 Å². The third-order valence-corrected chi connectivity index (χ3v) is 2.82. The molecule has 0 saturated carbocycles. The molecule has 6 heteroatoms. The number of nitrogens with zero attached hydrogens (tertiary/aromatic N) is 4. The molecule has 0 aliphatic heterocycles. The SMILES string of the molecule is CCc1noc(-c2cnn(-c3ccccc3)c2N)n1. The van der Waals surface area contributed by atoms with Gasteiger partial charge in [0.25, 0.3) is 5.89 Å². The number of rotatable bonds is 3. The first-order chi connectivity index (χ1) is 9.29. The van der Waals surface area contributed by atoms with E-state index < -0.39 is 0 Å². The van der Waals surface area contributed by atoms with Gasteiger partial charge in [0.2, 0.25) is 0 Å². The number of hydrogen-bond donors (Lipinski definition) is 1. The number of nitrogens with two attached hydrogens (primary N) is 1. The molecule has 96 valence electrons. The summed E-state index contributed by atoms with van der Waals surface area (Å²) in [5.74, 6) is 1.54. The maximum atomic E-state index is 6.09. The van der Waals surface area contributed by atoms with E-state index >= 15 is 0 Å². The molecule has 2 aromatic heterocycles. The van der Waals surface area contributed by atoms with E-state index in [0.29, 0.717) is 23.1 Å². The molecule has 0 amide bonds. The van der Waals surface area contributed by atoms with Gasteiger partial charge in [-0.1, -0.05) is 30.3 Å². The molecule has 0 radical (unpaired) electrons. The van der Waals surface area contributed by atoms with Crippen molar-refractivity contribution in [3.05, 3.63) is 42.4 Å². The highest BCUT2D eigenvalue weighted by molar-refractivity contribution is 5.68. The first-order valence-electron chi connectivity index (χ1n) is 6.01. The Kier molecular flexibility index (Phi) is 2.75. The van der Waals surface area contributed by atoms with Crippen molar-refractivity contribution in [3.63, 3.8) is 0 Å². The van der Waals surface area contributed by atoms with Crippen molar-refractivity contribution < 1.29 is 4.52 Å². The van der Waals surface area contributed by atoms with Gasteiger partial charge >= 0.3 is 0 Å². The summed E-state index contributed by atoms with van der Waals surface area (Å²) >= 11 is 0. The Morgan fingerprint density at radius 3 is 2.74 bits per heavy atom. The van der Waals surface area contributed by atoms with Gasteiger partial charge in [-0.05, 0) is 12.1 Å². The second-order valence-corrected chi connectivity index (χ2v) is 4.06. The molecule has 0 atom stereocenters. The van der Waals surface area contributed by atoms with Gasteiger partial charge in [0.05, 0.1) is 11.9 Å². The van der Waals surface area contributed by atoms with Gasteiger partial charge in [-0.15, -0.1) is 0 Å². The second kappa shape index (κ2) is 4.56. The molecule has 0 aliphatic carbocycles. The van der Waals surface area contributed by atoms with E-state index in [1.807, 2.05) is 37.3 Å². The van der Waals surface area contributed by atoms with Crippen molar-refractivity contribution in [2.75, 3.05) is 5.73 Å². The van der Waals surface area contributed by atoms with Crippen molar-refractivity contribution in [1.82, 2.24) is 19.9 Å². The number of para-hydroxylation sites is 1. The van der Waals surface area contributed by atoms with Gasteiger partial charge in [-0.25, -0.2) is 4.68 Å². The zero-order valence-electron chi connectivity index (χ0n) is 10.4. The van der Waals surface area contributed by atoms with Crippen LogP contribution in [0.1, 0.15) is 12.7 Å². The summed E-state index contributed by atoms with van der Waals surface area (Å²) < 4.78 is 6.82. The molecule has 1 aromatic carbocycles. The lowest BCUT2D eigenvalue weighted by molar-refractivity contribution is 0.423. The summed E-state index contributed by atoms with van der Waals surface area (Å²) in [6.07, 6.45) is 2.35. The number of aryl methyl sites for hydroxylation is 1. The Bertz CT molecular complexity index is 686. The van der Waals surface area contributed by atoms with E-state index in [1.54, 1.807) is 10.9 Å². The fourth-order valence-corrected chi connectivity index (χ4v) is 1.80. The summed E-state index contributed by atoms with van der Waals surface area (Å²) in [7, 11) is 0. The molecule has 19 heavy (non-hydrogen) atoms. The molecule has 0 bridgehead atoms. The predicted molar refractivity (Wildman–Crippen MR) is 70.6 cm³/mol. The van der Waals surface area contributed by atoms with Crippen LogP contribution in [0.25, 0.3) is 17.1 Å². The largest absolute Gasteiger partial charge is 0.383 e. The zero-order valence-corrected chi connectivity index (χ0v) is 10.4. The van der Waals surface area contributed by atoms with Crippen molar-refractivity contribution in [1.29, 1.82) is 0 Å². The number of aromatic nitrogens is 4. The maximum Gasteiger partial charge on any atom is 0.263 e. The van der Waals surface area contributed by atoms with Gasteiger partial charge in [-0.2, -0.15) is 10.1 Å². The van der Waals surface area contributed by atoms with Crippen LogP contribution in [0.3, 0.4) is 0 Å². The Labute approximate surface area is 109 Å². The summed E-state index contributed by atoms with van der Waals surface area (Å²) in [4.78, 5) is 4.26. The van der Waals surface area contributed by atoms with Crippen LogP contribution in [0, 0.1) is 0 Å². The van der Waals surface area contributed by atoms with Crippen LogP contribution in [0.2, 0.25) is 0 Å². The van der Waals surface area contributed by atoms with Crippen LogP contribution >= 0.6 is 0 Å². The number of nitrogen functional groups attached to an aromatic ring is 1. The topological polar surface area (TPSA) is 82.8 Å². The first-order valence-corrected chi connectivity index (χ1v) is 6.01. The minimum atomic E-state index is 0.400. The van der Waals surface area contributed by atoms with Crippen LogP contribution < -0.4 is 5.73 Å². The van der Waals surface area contributed by atoms with E-state index in [-0.39, 0.29) is 0 Å². The standard InChI is InChI=1S/C13H13N5O/c1-2-11-16-13(19-17-11)10-8-15-18(12(10)14)9-6-4-3-5-7-9/h3-8H,2,14H2,1H3. The van der Waals surface area contributed by atoms with Gasteiger partial charge in [0.1, 0.15) is 11.4 Å². The third kappa shape index (κ3) is 1.97. The fraction of sp³-hybridized carbons (Fsp3) is 0.154. The lowest BCUT2D eigenvalue weighted by atomic mass is 10.3. The monoisotopic (exact) mass is 255 g/mol.